The van der Waals surface area contributed by atoms with Crippen molar-refractivity contribution in [2.75, 3.05) is 20.3 Å². The number of rotatable bonds is 7. The van der Waals surface area contributed by atoms with Crippen molar-refractivity contribution in [3.05, 3.63) is 0 Å². The van der Waals surface area contributed by atoms with Gasteiger partial charge in [0.15, 0.2) is 0 Å². The van der Waals surface area contributed by atoms with Gasteiger partial charge in [-0.25, -0.2) is 0 Å². The highest BCUT2D eigenvalue weighted by Crippen LogP contribution is 2.15. The highest BCUT2D eigenvalue weighted by molar-refractivity contribution is 4.67. The minimum atomic E-state index is -4.23. The van der Waals surface area contributed by atoms with Crippen molar-refractivity contribution in [1.82, 2.24) is 5.32 Å². The average molecular weight is 227 g/mol. The zero-order chi connectivity index (χ0) is 11.9. The van der Waals surface area contributed by atoms with Crippen LogP contribution in [0.2, 0.25) is 0 Å². The Kier molecular flexibility index (Phi) is 6.92. The summed E-state index contributed by atoms with van der Waals surface area (Å²) in [7, 11) is 1.74. The molecule has 0 saturated heterocycles. The van der Waals surface area contributed by atoms with Gasteiger partial charge in [-0.05, 0) is 19.4 Å². The minimum absolute atomic E-state index is 0.00213. The van der Waals surface area contributed by atoms with Gasteiger partial charge in [-0.15, -0.1) is 0 Å². The fourth-order valence-corrected chi connectivity index (χ4v) is 1.24. The van der Waals surface area contributed by atoms with Gasteiger partial charge < -0.3 is 10.1 Å². The molecule has 15 heavy (non-hydrogen) atoms. The standard InChI is InChI=1S/C10H20F3NO/c1-4-8(2)5-9(14-3)6-15-7-10(11,12)13/h8-9,14H,4-7H2,1-3H3. The highest BCUT2D eigenvalue weighted by Gasteiger charge is 2.27. The Labute approximate surface area is 89.2 Å². The van der Waals surface area contributed by atoms with E-state index in [1.165, 1.54) is 0 Å². The van der Waals surface area contributed by atoms with E-state index in [9.17, 15) is 13.2 Å². The van der Waals surface area contributed by atoms with Gasteiger partial charge in [0.1, 0.15) is 6.61 Å². The molecule has 0 aliphatic carbocycles. The molecule has 2 atom stereocenters. The maximum atomic E-state index is 11.8. The summed E-state index contributed by atoms with van der Waals surface area (Å²) < 4.78 is 40.0. The molecule has 0 radical (unpaired) electrons. The highest BCUT2D eigenvalue weighted by atomic mass is 19.4. The fourth-order valence-electron chi connectivity index (χ4n) is 1.24. The van der Waals surface area contributed by atoms with Crippen molar-refractivity contribution >= 4 is 0 Å². The van der Waals surface area contributed by atoms with E-state index in [1.54, 1.807) is 7.05 Å². The van der Waals surface area contributed by atoms with Gasteiger partial charge in [0.2, 0.25) is 0 Å². The zero-order valence-corrected chi connectivity index (χ0v) is 9.53. The van der Waals surface area contributed by atoms with Gasteiger partial charge in [-0.2, -0.15) is 13.2 Å². The van der Waals surface area contributed by atoms with Crippen molar-refractivity contribution in [3.8, 4) is 0 Å². The van der Waals surface area contributed by atoms with E-state index < -0.39 is 12.8 Å². The Morgan fingerprint density at radius 1 is 1.33 bits per heavy atom. The maximum absolute atomic E-state index is 11.8. The molecule has 0 aromatic carbocycles. The molecule has 0 heterocycles. The number of alkyl halides is 3. The third kappa shape index (κ3) is 8.69. The molecule has 92 valence electrons. The first-order valence-corrected chi connectivity index (χ1v) is 5.20. The van der Waals surface area contributed by atoms with Crippen molar-refractivity contribution in [2.24, 2.45) is 5.92 Å². The van der Waals surface area contributed by atoms with Crippen LogP contribution in [0.5, 0.6) is 0 Å². The fraction of sp³-hybridized carbons (Fsp3) is 1.00. The third-order valence-electron chi connectivity index (χ3n) is 2.38. The average Bonchev–Trinajstić information content (AvgIpc) is 2.14. The quantitative estimate of drug-likeness (QED) is 0.721. The topological polar surface area (TPSA) is 21.3 Å². The molecule has 2 unspecified atom stereocenters. The molecule has 0 rings (SSSR count). The van der Waals surface area contributed by atoms with Crippen LogP contribution < -0.4 is 5.32 Å². The maximum Gasteiger partial charge on any atom is 0.411 e. The number of likely N-dealkylation sites (N-methyl/N-ethyl adjacent to an activating group) is 1. The summed E-state index contributed by atoms with van der Waals surface area (Å²) >= 11 is 0. The predicted octanol–water partition coefficient (Wildman–Crippen LogP) is 2.59. The number of hydrogen-bond acceptors (Lipinski definition) is 2. The summed E-state index contributed by atoms with van der Waals surface area (Å²) in [6, 6.07) is 0.00213. The molecule has 0 fully saturated rings. The molecule has 0 aliphatic rings. The van der Waals surface area contributed by atoms with Crippen LogP contribution in [-0.2, 0) is 4.74 Å². The SMILES string of the molecule is CCC(C)CC(COCC(F)(F)F)NC. The Hall–Kier alpha value is -0.290. The van der Waals surface area contributed by atoms with E-state index in [0.29, 0.717) is 5.92 Å². The molecule has 0 saturated carbocycles. The Balaban J connectivity index is 3.71. The molecule has 1 N–H and O–H groups in total. The number of halogens is 3. The summed E-state index contributed by atoms with van der Waals surface area (Å²) in [6.07, 6.45) is -2.36. The van der Waals surface area contributed by atoms with Gasteiger partial charge in [0, 0.05) is 6.04 Å². The van der Waals surface area contributed by atoms with Crippen LogP contribution >= 0.6 is 0 Å². The zero-order valence-electron chi connectivity index (χ0n) is 9.53. The second-order valence-electron chi connectivity index (χ2n) is 3.87. The first-order chi connectivity index (χ1) is 6.89. The first kappa shape index (κ1) is 14.7. The molecular formula is C10H20F3NO. The molecule has 0 aliphatic heterocycles. The summed E-state index contributed by atoms with van der Waals surface area (Å²) in [5.74, 6) is 0.497. The van der Waals surface area contributed by atoms with Crippen LogP contribution in [0.15, 0.2) is 0 Å². The summed E-state index contributed by atoms with van der Waals surface area (Å²) in [5, 5.41) is 2.96. The number of nitrogens with one attached hydrogen (secondary N) is 1. The molecule has 0 spiro atoms. The normalized spacial score (nSPS) is 16.4. The van der Waals surface area contributed by atoms with Gasteiger partial charge in [0.05, 0.1) is 6.61 Å². The van der Waals surface area contributed by atoms with Crippen molar-refractivity contribution in [1.29, 1.82) is 0 Å². The molecule has 0 aromatic heterocycles. The minimum Gasteiger partial charge on any atom is -0.370 e. The van der Waals surface area contributed by atoms with Crippen LogP contribution in [-0.4, -0.2) is 32.5 Å². The largest absolute Gasteiger partial charge is 0.411 e. The molecule has 0 amide bonds. The monoisotopic (exact) mass is 227 g/mol. The van der Waals surface area contributed by atoms with E-state index in [1.807, 2.05) is 0 Å². The van der Waals surface area contributed by atoms with Crippen LogP contribution in [0, 0.1) is 5.92 Å². The smallest absolute Gasteiger partial charge is 0.370 e. The molecule has 2 nitrogen and oxygen atoms in total. The summed E-state index contributed by atoms with van der Waals surface area (Å²) in [4.78, 5) is 0. The third-order valence-corrected chi connectivity index (χ3v) is 2.38. The predicted molar refractivity (Wildman–Crippen MR) is 53.8 cm³/mol. The molecule has 5 heteroatoms. The van der Waals surface area contributed by atoms with E-state index in [-0.39, 0.29) is 12.6 Å². The van der Waals surface area contributed by atoms with Crippen LogP contribution in [0.4, 0.5) is 13.2 Å². The summed E-state index contributed by atoms with van der Waals surface area (Å²) in [6.45, 7) is 3.09. The van der Waals surface area contributed by atoms with E-state index in [2.05, 4.69) is 23.9 Å². The lowest BCUT2D eigenvalue weighted by Gasteiger charge is -2.20. The Morgan fingerprint density at radius 3 is 2.33 bits per heavy atom. The lowest BCUT2D eigenvalue weighted by atomic mass is 10.00. The van der Waals surface area contributed by atoms with Gasteiger partial charge >= 0.3 is 6.18 Å². The van der Waals surface area contributed by atoms with Crippen LogP contribution in [0.25, 0.3) is 0 Å². The molecule has 0 bridgehead atoms. The van der Waals surface area contributed by atoms with Crippen LogP contribution in [0.1, 0.15) is 26.7 Å². The Bertz CT molecular complexity index is 161. The van der Waals surface area contributed by atoms with Crippen molar-refractivity contribution in [3.63, 3.8) is 0 Å². The number of ether oxygens (including phenoxy) is 1. The summed E-state index contributed by atoms with van der Waals surface area (Å²) in [5.41, 5.74) is 0. The molecule has 0 aromatic rings. The lowest BCUT2D eigenvalue weighted by molar-refractivity contribution is -0.175. The van der Waals surface area contributed by atoms with E-state index >= 15 is 0 Å². The van der Waals surface area contributed by atoms with Gasteiger partial charge in [0.25, 0.3) is 0 Å². The lowest BCUT2D eigenvalue weighted by Crippen LogP contribution is -2.33. The van der Waals surface area contributed by atoms with Gasteiger partial charge in [-0.1, -0.05) is 20.3 Å². The first-order valence-electron chi connectivity index (χ1n) is 5.20. The second-order valence-corrected chi connectivity index (χ2v) is 3.87. The van der Waals surface area contributed by atoms with E-state index in [4.69, 9.17) is 0 Å². The number of hydrogen-bond donors (Lipinski definition) is 1. The van der Waals surface area contributed by atoms with E-state index in [0.717, 1.165) is 12.8 Å². The van der Waals surface area contributed by atoms with Crippen molar-refractivity contribution < 1.29 is 17.9 Å². The van der Waals surface area contributed by atoms with Crippen LogP contribution in [0.3, 0.4) is 0 Å². The molecular weight excluding hydrogens is 207 g/mol. The second kappa shape index (κ2) is 7.06. The van der Waals surface area contributed by atoms with Gasteiger partial charge in [-0.3, -0.25) is 0 Å². The Morgan fingerprint density at radius 2 is 1.93 bits per heavy atom. The van der Waals surface area contributed by atoms with Crippen molar-refractivity contribution in [2.45, 2.75) is 38.9 Å².